The van der Waals surface area contributed by atoms with Gasteiger partial charge in [-0.05, 0) is 59.7 Å². The van der Waals surface area contributed by atoms with E-state index in [1.54, 1.807) is 60.3 Å². The molecule has 1 aliphatic carbocycles. The number of nitrogens with one attached hydrogen (secondary N) is 1. The van der Waals surface area contributed by atoms with E-state index in [0.29, 0.717) is 30.1 Å². The number of halogens is 1. The maximum Gasteiger partial charge on any atom is 0.324 e. The lowest BCUT2D eigenvalue weighted by Gasteiger charge is -2.27. The van der Waals surface area contributed by atoms with Crippen molar-refractivity contribution >= 4 is 24.0 Å². The number of amides is 4. The number of primary amides is 1. The highest BCUT2D eigenvalue weighted by molar-refractivity contribution is 5.91. The number of nitrogens with zero attached hydrogens (tertiary/aromatic N) is 2. The monoisotopic (exact) mass is 532 g/mol. The summed E-state index contributed by atoms with van der Waals surface area (Å²) in [7, 11) is 3.45. The van der Waals surface area contributed by atoms with E-state index >= 15 is 0 Å². The Morgan fingerprint density at radius 1 is 0.949 bits per heavy atom. The molecule has 0 spiro atoms. The number of hydrogen-bond donors (Lipinski definition) is 2. The van der Waals surface area contributed by atoms with Crippen molar-refractivity contribution in [2.75, 3.05) is 19.0 Å². The lowest BCUT2D eigenvalue weighted by molar-refractivity contribution is -0.122. The first-order chi connectivity index (χ1) is 18.8. The van der Waals surface area contributed by atoms with Gasteiger partial charge in [-0.1, -0.05) is 73.9 Å². The first-order valence-electron chi connectivity index (χ1n) is 13.2. The van der Waals surface area contributed by atoms with Crippen LogP contribution in [0.15, 0.2) is 78.9 Å². The molecule has 4 amide bonds. The van der Waals surface area contributed by atoms with Gasteiger partial charge in [-0.2, -0.15) is 0 Å². The topological polar surface area (TPSA) is 95.7 Å². The maximum atomic E-state index is 13.2. The van der Waals surface area contributed by atoms with Crippen LogP contribution in [0.2, 0.25) is 0 Å². The Kier molecular flexibility index (Phi) is 11.0. The Morgan fingerprint density at radius 3 is 2.10 bits per heavy atom. The molecule has 7 nitrogen and oxygen atoms in total. The molecule has 3 aromatic rings. The van der Waals surface area contributed by atoms with Gasteiger partial charge in [0.25, 0.3) is 0 Å². The van der Waals surface area contributed by atoms with Gasteiger partial charge in [0, 0.05) is 19.8 Å². The Balaban J connectivity index is 0.000000272. The van der Waals surface area contributed by atoms with Gasteiger partial charge in [-0.3, -0.25) is 14.5 Å². The van der Waals surface area contributed by atoms with Gasteiger partial charge in [0.2, 0.25) is 12.3 Å². The average molecular weight is 533 g/mol. The maximum absolute atomic E-state index is 13.2. The van der Waals surface area contributed by atoms with E-state index in [4.69, 9.17) is 5.73 Å². The van der Waals surface area contributed by atoms with E-state index in [1.165, 1.54) is 49.8 Å². The van der Waals surface area contributed by atoms with Crippen LogP contribution < -0.4 is 16.0 Å². The molecule has 206 valence electrons. The minimum atomic E-state index is -0.737. The SMILES string of the molecule is CN(C)C(=O)N(Cc1ccc(C2CCCCC2)cc1)c1ccc(F)cc1.NC(=O)C(NC=O)c1ccccc1. The van der Waals surface area contributed by atoms with Crippen LogP contribution in [0.5, 0.6) is 0 Å². The summed E-state index contributed by atoms with van der Waals surface area (Å²) in [5.41, 5.74) is 8.95. The molecule has 0 aliphatic heterocycles. The second-order valence-corrected chi connectivity index (χ2v) is 9.85. The molecular formula is C31H37FN4O3. The van der Waals surface area contributed by atoms with Crippen molar-refractivity contribution in [2.24, 2.45) is 5.73 Å². The van der Waals surface area contributed by atoms with Crippen molar-refractivity contribution in [1.82, 2.24) is 10.2 Å². The largest absolute Gasteiger partial charge is 0.368 e. The number of rotatable bonds is 8. The second-order valence-electron chi connectivity index (χ2n) is 9.85. The fraction of sp³-hybridized carbons (Fsp3) is 0.323. The summed E-state index contributed by atoms with van der Waals surface area (Å²) in [6.07, 6.45) is 7.01. The zero-order valence-electron chi connectivity index (χ0n) is 22.6. The van der Waals surface area contributed by atoms with Gasteiger partial charge < -0.3 is 16.0 Å². The summed E-state index contributed by atoms with van der Waals surface area (Å²) in [5, 5.41) is 2.34. The van der Waals surface area contributed by atoms with Gasteiger partial charge >= 0.3 is 6.03 Å². The van der Waals surface area contributed by atoms with Gasteiger partial charge in [-0.15, -0.1) is 0 Å². The van der Waals surface area contributed by atoms with E-state index in [0.717, 1.165) is 5.56 Å². The highest BCUT2D eigenvalue weighted by Crippen LogP contribution is 2.32. The van der Waals surface area contributed by atoms with Crippen molar-refractivity contribution in [3.63, 3.8) is 0 Å². The number of nitrogens with two attached hydrogens (primary N) is 1. The molecule has 1 atom stereocenters. The minimum Gasteiger partial charge on any atom is -0.368 e. The predicted octanol–water partition coefficient (Wildman–Crippen LogP) is 5.52. The summed E-state index contributed by atoms with van der Waals surface area (Å²) in [6, 6.07) is 22.7. The normalized spacial score (nSPS) is 13.8. The van der Waals surface area contributed by atoms with Gasteiger partial charge in [0.1, 0.15) is 11.9 Å². The van der Waals surface area contributed by atoms with E-state index in [2.05, 4.69) is 29.6 Å². The van der Waals surface area contributed by atoms with Crippen LogP contribution in [0, 0.1) is 5.82 Å². The molecule has 0 heterocycles. The third kappa shape index (κ3) is 8.67. The Morgan fingerprint density at radius 2 is 1.56 bits per heavy atom. The molecule has 39 heavy (non-hydrogen) atoms. The molecule has 1 unspecified atom stereocenters. The number of urea groups is 1. The fourth-order valence-corrected chi connectivity index (χ4v) is 4.70. The molecule has 3 N–H and O–H groups in total. The lowest BCUT2D eigenvalue weighted by atomic mass is 9.84. The average Bonchev–Trinajstić information content (AvgIpc) is 2.96. The van der Waals surface area contributed by atoms with Crippen molar-refractivity contribution in [3.8, 4) is 0 Å². The second kappa shape index (κ2) is 14.7. The summed E-state index contributed by atoms with van der Waals surface area (Å²) < 4.78 is 13.2. The van der Waals surface area contributed by atoms with Gasteiger partial charge in [-0.25, -0.2) is 9.18 Å². The van der Waals surface area contributed by atoms with Gasteiger partial charge in [0.15, 0.2) is 0 Å². The molecular weight excluding hydrogens is 495 g/mol. The van der Waals surface area contributed by atoms with E-state index < -0.39 is 11.9 Å². The Labute approximate surface area is 229 Å². The third-order valence-corrected chi connectivity index (χ3v) is 6.80. The zero-order valence-corrected chi connectivity index (χ0v) is 22.6. The predicted molar refractivity (Wildman–Crippen MR) is 152 cm³/mol. The Hall–Kier alpha value is -4.20. The minimum absolute atomic E-state index is 0.118. The highest BCUT2D eigenvalue weighted by atomic mass is 19.1. The lowest BCUT2D eigenvalue weighted by Crippen LogP contribution is -2.38. The molecule has 0 saturated heterocycles. The zero-order chi connectivity index (χ0) is 28.2. The van der Waals surface area contributed by atoms with Crippen LogP contribution in [0.3, 0.4) is 0 Å². The molecule has 0 bridgehead atoms. The summed E-state index contributed by atoms with van der Waals surface area (Å²) in [4.78, 5) is 36.9. The van der Waals surface area contributed by atoms with Crippen molar-refractivity contribution in [3.05, 3.63) is 101 Å². The molecule has 0 aromatic heterocycles. The van der Waals surface area contributed by atoms with Crippen molar-refractivity contribution in [2.45, 2.75) is 50.6 Å². The number of benzene rings is 3. The first kappa shape index (κ1) is 29.4. The third-order valence-electron chi connectivity index (χ3n) is 6.80. The smallest absolute Gasteiger partial charge is 0.324 e. The van der Waals surface area contributed by atoms with Gasteiger partial charge in [0.05, 0.1) is 6.54 Å². The van der Waals surface area contributed by atoms with Crippen molar-refractivity contribution in [1.29, 1.82) is 0 Å². The van der Waals surface area contributed by atoms with Crippen LogP contribution in [0.1, 0.15) is 60.8 Å². The molecule has 1 fully saturated rings. The number of carbonyl (C=O) groups is 3. The summed E-state index contributed by atoms with van der Waals surface area (Å²) >= 11 is 0. The van der Waals surface area contributed by atoms with Crippen LogP contribution >= 0.6 is 0 Å². The highest BCUT2D eigenvalue weighted by Gasteiger charge is 2.19. The van der Waals surface area contributed by atoms with Crippen LogP contribution in [0.4, 0.5) is 14.9 Å². The van der Waals surface area contributed by atoms with Crippen molar-refractivity contribution < 1.29 is 18.8 Å². The number of hydrogen-bond acceptors (Lipinski definition) is 3. The Bertz CT molecular complexity index is 1190. The van der Waals surface area contributed by atoms with Crippen LogP contribution in [-0.4, -0.2) is 37.3 Å². The molecule has 1 saturated carbocycles. The standard InChI is InChI=1S/C22H27FN2O.C9H10N2O2/c1-24(2)22(26)25(21-14-12-20(23)13-15-21)16-17-8-10-19(11-9-17)18-6-4-3-5-7-18;10-9(13)8(11-6-12)7-4-2-1-3-5-7/h8-15,18H,3-7,16H2,1-2H3;1-6,8H,(H2,10,13)(H,11,12). The number of carbonyl (C=O) groups excluding carboxylic acids is 3. The fourth-order valence-electron chi connectivity index (χ4n) is 4.70. The molecule has 3 aromatic carbocycles. The first-order valence-corrected chi connectivity index (χ1v) is 13.2. The van der Waals surface area contributed by atoms with Crippen LogP contribution in [0.25, 0.3) is 0 Å². The number of anilines is 1. The van der Waals surface area contributed by atoms with E-state index in [-0.39, 0.29) is 11.8 Å². The molecule has 4 rings (SSSR count). The molecule has 0 radical (unpaired) electrons. The van der Waals surface area contributed by atoms with E-state index in [1.807, 2.05) is 6.07 Å². The summed E-state index contributed by atoms with van der Waals surface area (Å²) in [5.74, 6) is -0.199. The molecule has 1 aliphatic rings. The quantitative estimate of drug-likeness (QED) is 0.374. The van der Waals surface area contributed by atoms with Crippen LogP contribution in [-0.2, 0) is 16.1 Å². The van der Waals surface area contributed by atoms with E-state index in [9.17, 15) is 18.8 Å². The molecule has 8 heteroatoms. The summed E-state index contributed by atoms with van der Waals surface area (Å²) in [6.45, 7) is 0.466.